The molecule has 1 aromatic carbocycles. The summed E-state index contributed by atoms with van der Waals surface area (Å²) in [4.78, 5) is 38.5. The highest BCUT2D eigenvalue weighted by Gasteiger charge is 2.28. The van der Waals surface area contributed by atoms with Crippen LogP contribution in [0, 0.1) is 0 Å². The van der Waals surface area contributed by atoms with Gasteiger partial charge in [-0.05, 0) is 14.0 Å². The van der Waals surface area contributed by atoms with Gasteiger partial charge in [0, 0.05) is 44.5 Å². The van der Waals surface area contributed by atoms with Crippen molar-refractivity contribution in [3.8, 4) is 11.4 Å². The fourth-order valence-electron chi connectivity index (χ4n) is 3.78. The van der Waals surface area contributed by atoms with Gasteiger partial charge in [0.05, 0.1) is 11.1 Å². The van der Waals surface area contributed by atoms with Crippen molar-refractivity contribution in [3.63, 3.8) is 0 Å². The highest BCUT2D eigenvalue weighted by atomic mass is 16.4. The second kappa shape index (κ2) is 7.63. The van der Waals surface area contributed by atoms with Crippen molar-refractivity contribution in [2.24, 2.45) is 0 Å². The number of likely N-dealkylation sites (N-methyl/N-ethyl adjacent to an activating group) is 1. The number of aromatic carboxylic acids is 1. The zero-order chi connectivity index (χ0) is 20.5. The summed E-state index contributed by atoms with van der Waals surface area (Å²) < 4.78 is 1.42. The molecule has 0 bridgehead atoms. The number of aryl methyl sites for hydroxylation is 1. The molecule has 8 heteroatoms. The summed E-state index contributed by atoms with van der Waals surface area (Å²) >= 11 is 0. The largest absolute Gasteiger partial charge is 0.477 e. The molecule has 0 aliphatic carbocycles. The minimum atomic E-state index is -1.22. The summed E-state index contributed by atoms with van der Waals surface area (Å²) in [6.07, 6.45) is 1.65. The van der Waals surface area contributed by atoms with E-state index in [1.807, 2.05) is 49.2 Å². The van der Waals surface area contributed by atoms with Gasteiger partial charge in [-0.25, -0.2) is 14.8 Å². The number of pyridine rings is 1. The standard InChI is InChI=1S/C21H23N5O3/c1-3-26-19-15(13-22-18(23-19)14-7-5-4-6-8-14)17(16(20(26)27)21(28)29)25-11-9-24(2)10-12-25/h4-8,13H,3,9-12H2,1-2H3,(H,28,29). The van der Waals surface area contributed by atoms with E-state index in [1.54, 1.807) is 6.20 Å². The molecule has 150 valence electrons. The van der Waals surface area contributed by atoms with Crippen LogP contribution in [0.1, 0.15) is 17.3 Å². The lowest BCUT2D eigenvalue weighted by atomic mass is 10.1. The molecule has 4 rings (SSSR count). The molecule has 0 spiro atoms. The highest BCUT2D eigenvalue weighted by molar-refractivity contribution is 6.04. The monoisotopic (exact) mass is 393 g/mol. The number of carboxylic acids is 1. The molecule has 3 heterocycles. The second-order valence-corrected chi connectivity index (χ2v) is 7.17. The Kier molecular flexibility index (Phi) is 5.02. The lowest BCUT2D eigenvalue weighted by Gasteiger charge is -2.35. The minimum Gasteiger partial charge on any atom is -0.477 e. The van der Waals surface area contributed by atoms with Crippen molar-refractivity contribution in [1.82, 2.24) is 19.4 Å². The minimum absolute atomic E-state index is 0.208. The first-order valence-electron chi connectivity index (χ1n) is 9.67. The van der Waals surface area contributed by atoms with E-state index < -0.39 is 11.5 Å². The molecule has 0 amide bonds. The topological polar surface area (TPSA) is 91.6 Å². The number of fused-ring (bicyclic) bond motifs is 1. The van der Waals surface area contributed by atoms with Crippen LogP contribution in [0.3, 0.4) is 0 Å². The van der Waals surface area contributed by atoms with Gasteiger partial charge in [0.15, 0.2) is 5.82 Å². The molecule has 0 atom stereocenters. The van der Waals surface area contributed by atoms with Crippen LogP contribution < -0.4 is 10.5 Å². The maximum Gasteiger partial charge on any atom is 0.343 e. The van der Waals surface area contributed by atoms with Gasteiger partial charge in [-0.15, -0.1) is 0 Å². The Labute approximate surface area is 168 Å². The van der Waals surface area contributed by atoms with Crippen LogP contribution in [0.15, 0.2) is 41.3 Å². The first-order valence-corrected chi connectivity index (χ1v) is 9.67. The van der Waals surface area contributed by atoms with E-state index in [0.717, 1.165) is 18.7 Å². The summed E-state index contributed by atoms with van der Waals surface area (Å²) in [6, 6.07) is 9.53. The van der Waals surface area contributed by atoms with Crippen LogP contribution >= 0.6 is 0 Å². The molecule has 1 aliphatic rings. The van der Waals surface area contributed by atoms with E-state index in [1.165, 1.54) is 4.57 Å². The number of hydrogen-bond acceptors (Lipinski definition) is 6. The molecular formula is C21H23N5O3. The number of hydrogen-bond donors (Lipinski definition) is 1. The molecule has 1 N–H and O–H groups in total. The van der Waals surface area contributed by atoms with Gasteiger partial charge >= 0.3 is 5.97 Å². The summed E-state index contributed by atoms with van der Waals surface area (Å²) in [5.74, 6) is -0.715. The van der Waals surface area contributed by atoms with E-state index in [9.17, 15) is 14.7 Å². The maximum atomic E-state index is 13.1. The van der Waals surface area contributed by atoms with Gasteiger partial charge in [0.1, 0.15) is 11.2 Å². The van der Waals surface area contributed by atoms with Crippen molar-refractivity contribution >= 4 is 22.7 Å². The molecule has 0 unspecified atom stereocenters. The van der Waals surface area contributed by atoms with Crippen LogP contribution in [-0.4, -0.2) is 63.7 Å². The number of rotatable bonds is 4. The third-order valence-electron chi connectivity index (χ3n) is 5.36. The highest BCUT2D eigenvalue weighted by Crippen LogP contribution is 2.30. The smallest absolute Gasteiger partial charge is 0.343 e. The maximum absolute atomic E-state index is 13.1. The zero-order valence-corrected chi connectivity index (χ0v) is 16.5. The Morgan fingerprint density at radius 3 is 2.45 bits per heavy atom. The summed E-state index contributed by atoms with van der Waals surface area (Å²) in [7, 11) is 2.03. The molecule has 2 aromatic heterocycles. The Morgan fingerprint density at radius 2 is 1.83 bits per heavy atom. The summed E-state index contributed by atoms with van der Waals surface area (Å²) in [5.41, 5.74) is 0.993. The van der Waals surface area contributed by atoms with Gasteiger partial charge in [0.2, 0.25) is 0 Å². The molecule has 0 saturated carbocycles. The molecule has 8 nitrogen and oxygen atoms in total. The van der Waals surface area contributed by atoms with Crippen molar-refractivity contribution < 1.29 is 9.90 Å². The van der Waals surface area contributed by atoms with Crippen molar-refractivity contribution in [3.05, 3.63) is 52.4 Å². The van der Waals surface area contributed by atoms with Crippen molar-refractivity contribution in [1.29, 1.82) is 0 Å². The van der Waals surface area contributed by atoms with Crippen LogP contribution in [0.5, 0.6) is 0 Å². The first-order chi connectivity index (χ1) is 14.0. The Bertz CT molecular complexity index is 1120. The third-order valence-corrected chi connectivity index (χ3v) is 5.36. The van der Waals surface area contributed by atoms with E-state index in [0.29, 0.717) is 42.2 Å². The number of aromatic nitrogens is 3. The van der Waals surface area contributed by atoms with Crippen molar-refractivity contribution in [2.45, 2.75) is 13.5 Å². The first kappa shape index (κ1) is 19.1. The van der Waals surface area contributed by atoms with Gasteiger partial charge < -0.3 is 14.9 Å². The lowest BCUT2D eigenvalue weighted by Crippen LogP contribution is -2.46. The van der Waals surface area contributed by atoms with E-state index in [4.69, 9.17) is 0 Å². The predicted molar refractivity (Wildman–Crippen MR) is 112 cm³/mol. The van der Waals surface area contributed by atoms with E-state index >= 15 is 0 Å². The van der Waals surface area contributed by atoms with Gasteiger partial charge in [-0.1, -0.05) is 30.3 Å². The number of anilines is 1. The Hall–Kier alpha value is -3.26. The summed E-state index contributed by atoms with van der Waals surface area (Å²) in [6.45, 7) is 5.00. The molecule has 1 aliphatic heterocycles. The molecule has 0 radical (unpaired) electrons. The fourth-order valence-corrected chi connectivity index (χ4v) is 3.78. The van der Waals surface area contributed by atoms with Gasteiger partial charge in [0.25, 0.3) is 5.56 Å². The second-order valence-electron chi connectivity index (χ2n) is 7.17. The van der Waals surface area contributed by atoms with E-state index in [-0.39, 0.29) is 5.56 Å². The zero-order valence-electron chi connectivity index (χ0n) is 16.5. The molecule has 1 saturated heterocycles. The van der Waals surface area contributed by atoms with Crippen LogP contribution in [0.25, 0.3) is 22.4 Å². The molecule has 1 fully saturated rings. The van der Waals surface area contributed by atoms with Gasteiger partial charge in [-0.3, -0.25) is 9.36 Å². The van der Waals surface area contributed by atoms with E-state index in [2.05, 4.69) is 14.9 Å². The quantitative estimate of drug-likeness (QED) is 0.724. The molecular weight excluding hydrogens is 370 g/mol. The normalized spacial score (nSPS) is 15.0. The number of carboxylic acid groups (broad SMARTS) is 1. The average molecular weight is 393 g/mol. The number of carbonyl (C=O) groups is 1. The van der Waals surface area contributed by atoms with Crippen molar-refractivity contribution in [2.75, 3.05) is 38.1 Å². The van der Waals surface area contributed by atoms with Crippen LogP contribution in [-0.2, 0) is 6.54 Å². The molecule has 3 aromatic rings. The van der Waals surface area contributed by atoms with Crippen LogP contribution in [0.4, 0.5) is 5.69 Å². The molecule has 29 heavy (non-hydrogen) atoms. The summed E-state index contributed by atoms with van der Waals surface area (Å²) in [5, 5.41) is 10.4. The number of piperazine rings is 1. The third kappa shape index (κ3) is 3.36. The number of nitrogens with zero attached hydrogens (tertiary/aromatic N) is 5. The van der Waals surface area contributed by atoms with Crippen LogP contribution in [0.2, 0.25) is 0 Å². The van der Waals surface area contributed by atoms with Gasteiger partial charge in [-0.2, -0.15) is 0 Å². The predicted octanol–water partition coefficient (Wildman–Crippen LogP) is 1.93. The number of benzene rings is 1. The Balaban J connectivity index is 2.00. The fraction of sp³-hybridized carbons (Fsp3) is 0.333. The lowest BCUT2D eigenvalue weighted by molar-refractivity contribution is 0.0695. The SMILES string of the molecule is CCn1c(=O)c(C(=O)O)c(N2CCN(C)CC2)c2cnc(-c3ccccc3)nc21. The average Bonchev–Trinajstić information content (AvgIpc) is 2.73. The Morgan fingerprint density at radius 1 is 1.14 bits per heavy atom.